The van der Waals surface area contributed by atoms with E-state index in [0.717, 1.165) is 0 Å². The smallest absolute Gasteiger partial charge is 0.339 e. The van der Waals surface area contributed by atoms with Gasteiger partial charge in [-0.05, 0) is 19.1 Å². The number of carbonyl (C=O) groups is 2. The molecule has 0 amide bonds. The number of carboxylic acid groups (broad SMARTS) is 1. The zero-order chi connectivity index (χ0) is 10.4. The van der Waals surface area contributed by atoms with E-state index in [1.807, 2.05) is 0 Å². The van der Waals surface area contributed by atoms with Gasteiger partial charge in [0, 0.05) is 12.0 Å². The molecule has 0 aliphatic heterocycles. The lowest BCUT2D eigenvalue weighted by Crippen LogP contribution is -2.12. The monoisotopic (exact) mass is 202 g/mol. The number of ether oxygens (including phenoxy) is 1. The van der Waals surface area contributed by atoms with Crippen molar-refractivity contribution in [3.63, 3.8) is 0 Å². The quantitative estimate of drug-likeness (QED) is 0.423. The summed E-state index contributed by atoms with van der Waals surface area (Å²) in [4.78, 5) is 20.9. The maximum Gasteiger partial charge on any atom is 0.339 e. The number of carbonyl (C=O) groups excluding carboxylic acids is 1. The van der Waals surface area contributed by atoms with Gasteiger partial charge in [0.15, 0.2) is 5.05 Å². The zero-order valence-corrected chi connectivity index (χ0v) is 8.02. The maximum absolute atomic E-state index is 10.8. The molecule has 0 aliphatic carbocycles. The van der Waals surface area contributed by atoms with E-state index in [1.165, 1.54) is 6.92 Å². The fraction of sp³-hybridized carbons (Fsp3) is 0.375. The molecule has 1 N–H and O–H groups in total. The summed E-state index contributed by atoms with van der Waals surface area (Å²) in [6, 6.07) is 0. The fourth-order valence-corrected chi connectivity index (χ4v) is 0.628. The van der Waals surface area contributed by atoms with Gasteiger partial charge in [-0.25, -0.2) is 4.79 Å². The molecule has 0 heterocycles. The number of hydrogen-bond donors (Lipinski definition) is 1. The van der Waals surface area contributed by atoms with Gasteiger partial charge in [-0.2, -0.15) is 0 Å². The number of thiocarbonyl (C=S) groups is 1. The predicted octanol–water partition coefficient (Wildman–Crippen LogP) is 1.30. The van der Waals surface area contributed by atoms with Crippen LogP contribution in [-0.4, -0.2) is 22.1 Å². The summed E-state index contributed by atoms with van der Waals surface area (Å²) >= 11 is 4.62. The lowest BCUT2D eigenvalue weighted by Gasteiger charge is -2.02. The first-order valence-corrected chi connectivity index (χ1v) is 3.96. The second kappa shape index (κ2) is 5.42. The predicted molar refractivity (Wildman–Crippen MR) is 50.4 cm³/mol. The molecular weight excluding hydrogens is 192 g/mol. The SMILES string of the molecule is C=C(C)C(=O)OC(=S)CCC(=O)O. The van der Waals surface area contributed by atoms with Crippen molar-refractivity contribution in [2.24, 2.45) is 0 Å². The minimum absolute atomic E-state index is 0.0181. The fourth-order valence-electron chi connectivity index (χ4n) is 0.451. The van der Waals surface area contributed by atoms with Crippen LogP contribution in [-0.2, 0) is 14.3 Å². The van der Waals surface area contributed by atoms with Crippen molar-refractivity contribution in [1.29, 1.82) is 0 Å². The minimum Gasteiger partial charge on any atom is -0.481 e. The van der Waals surface area contributed by atoms with Crippen LogP contribution in [0.25, 0.3) is 0 Å². The standard InChI is InChI=1S/C8H10O4S/c1-5(2)8(11)12-7(13)4-3-6(9)10/h1,3-4H2,2H3,(H,9,10). The van der Waals surface area contributed by atoms with E-state index in [2.05, 4.69) is 23.5 Å². The molecule has 0 saturated carbocycles. The zero-order valence-electron chi connectivity index (χ0n) is 7.20. The molecular formula is C8H10O4S. The second-order valence-electron chi connectivity index (χ2n) is 2.44. The minimum atomic E-state index is -0.978. The van der Waals surface area contributed by atoms with Gasteiger partial charge in [-0.1, -0.05) is 6.58 Å². The van der Waals surface area contributed by atoms with E-state index in [4.69, 9.17) is 5.11 Å². The van der Waals surface area contributed by atoms with E-state index in [0.29, 0.717) is 0 Å². The molecule has 4 nitrogen and oxygen atoms in total. The van der Waals surface area contributed by atoms with E-state index in [-0.39, 0.29) is 23.5 Å². The van der Waals surface area contributed by atoms with Crippen molar-refractivity contribution >= 4 is 29.2 Å². The Bertz CT molecular complexity index is 257. The topological polar surface area (TPSA) is 63.6 Å². The van der Waals surface area contributed by atoms with Gasteiger partial charge < -0.3 is 9.84 Å². The van der Waals surface area contributed by atoms with Crippen molar-refractivity contribution in [2.75, 3.05) is 0 Å². The number of carboxylic acids is 1. The highest BCUT2D eigenvalue weighted by atomic mass is 32.1. The highest BCUT2D eigenvalue weighted by Gasteiger charge is 2.08. The van der Waals surface area contributed by atoms with Crippen molar-refractivity contribution in [3.8, 4) is 0 Å². The number of aliphatic carboxylic acids is 1. The molecule has 0 aromatic heterocycles. The highest BCUT2D eigenvalue weighted by Crippen LogP contribution is 1.99. The van der Waals surface area contributed by atoms with Crippen LogP contribution in [0, 0.1) is 0 Å². The maximum atomic E-state index is 10.8. The van der Waals surface area contributed by atoms with E-state index < -0.39 is 11.9 Å². The molecule has 0 saturated heterocycles. The van der Waals surface area contributed by atoms with E-state index >= 15 is 0 Å². The Morgan fingerprint density at radius 1 is 1.46 bits per heavy atom. The van der Waals surface area contributed by atoms with Crippen LogP contribution in [0.1, 0.15) is 19.8 Å². The Balaban J connectivity index is 3.82. The third-order valence-electron chi connectivity index (χ3n) is 1.10. The van der Waals surface area contributed by atoms with Gasteiger partial charge in [0.25, 0.3) is 0 Å². The first-order chi connectivity index (χ1) is 5.93. The molecule has 13 heavy (non-hydrogen) atoms. The summed E-state index contributed by atoms with van der Waals surface area (Å²) in [5.74, 6) is -1.59. The molecule has 0 rings (SSSR count). The summed E-state index contributed by atoms with van der Waals surface area (Å²) in [7, 11) is 0. The molecule has 0 atom stereocenters. The van der Waals surface area contributed by atoms with Gasteiger partial charge in [0.05, 0.1) is 6.42 Å². The van der Waals surface area contributed by atoms with Crippen molar-refractivity contribution in [1.82, 2.24) is 0 Å². The largest absolute Gasteiger partial charge is 0.481 e. The Hall–Kier alpha value is -1.23. The first-order valence-electron chi connectivity index (χ1n) is 3.55. The Morgan fingerprint density at radius 3 is 2.38 bits per heavy atom. The van der Waals surface area contributed by atoms with Gasteiger partial charge in [0.1, 0.15) is 0 Å². The molecule has 0 aliphatic rings. The molecule has 0 radical (unpaired) electrons. The van der Waals surface area contributed by atoms with E-state index in [1.54, 1.807) is 0 Å². The van der Waals surface area contributed by atoms with Crippen LogP contribution in [0.2, 0.25) is 0 Å². The molecule has 0 aromatic carbocycles. The average molecular weight is 202 g/mol. The second-order valence-corrected chi connectivity index (χ2v) is 2.89. The summed E-state index contributed by atoms with van der Waals surface area (Å²) in [5, 5.41) is 8.27. The van der Waals surface area contributed by atoms with Crippen LogP contribution in [0.15, 0.2) is 12.2 Å². The number of esters is 1. The molecule has 0 unspecified atom stereocenters. The molecule has 0 fully saturated rings. The normalized spacial score (nSPS) is 9.00. The van der Waals surface area contributed by atoms with Gasteiger partial charge in [0.2, 0.25) is 0 Å². The van der Waals surface area contributed by atoms with Crippen molar-refractivity contribution in [2.45, 2.75) is 19.8 Å². The van der Waals surface area contributed by atoms with Crippen LogP contribution >= 0.6 is 12.2 Å². The summed E-state index contributed by atoms with van der Waals surface area (Å²) in [6.45, 7) is 4.84. The van der Waals surface area contributed by atoms with Gasteiger partial charge >= 0.3 is 11.9 Å². The van der Waals surface area contributed by atoms with Crippen LogP contribution in [0.5, 0.6) is 0 Å². The third-order valence-corrected chi connectivity index (χ3v) is 1.39. The van der Waals surface area contributed by atoms with Crippen molar-refractivity contribution in [3.05, 3.63) is 12.2 Å². The average Bonchev–Trinajstić information content (AvgIpc) is 2.00. The Morgan fingerprint density at radius 2 is 2.00 bits per heavy atom. The van der Waals surface area contributed by atoms with Crippen LogP contribution < -0.4 is 0 Å². The summed E-state index contributed by atoms with van der Waals surface area (Å²) in [5.41, 5.74) is 0.234. The van der Waals surface area contributed by atoms with E-state index in [9.17, 15) is 9.59 Å². The van der Waals surface area contributed by atoms with Gasteiger partial charge in [-0.3, -0.25) is 4.79 Å². The highest BCUT2D eigenvalue weighted by molar-refractivity contribution is 7.80. The molecule has 0 aromatic rings. The van der Waals surface area contributed by atoms with Crippen molar-refractivity contribution < 1.29 is 19.4 Å². The molecule has 5 heteroatoms. The molecule has 0 spiro atoms. The summed E-state index contributed by atoms with van der Waals surface area (Å²) in [6.07, 6.45) is -0.0774. The van der Waals surface area contributed by atoms with Crippen LogP contribution in [0.3, 0.4) is 0 Å². The summed E-state index contributed by atoms with van der Waals surface area (Å²) < 4.78 is 4.59. The van der Waals surface area contributed by atoms with Gasteiger partial charge in [-0.15, -0.1) is 0 Å². The molecule has 0 bridgehead atoms. The number of rotatable bonds is 4. The molecule has 72 valence electrons. The Kier molecular flexibility index (Phi) is 4.91. The van der Waals surface area contributed by atoms with Crippen LogP contribution in [0.4, 0.5) is 0 Å². The number of hydrogen-bond acceptors (Lipinski definition) is 4. The first kappa shape index (κ1) is 11.8. The lowest BCUT2D eigenvalue weighted by molar-refractivity contribution is -0.137. The third kappa shape index (κ3) is 5.98. The lowest BCUT2D eigenvalue weighted by atomic mass is 10.3. The Labute approximate surface area is 81.2 Å².